The second-order valence-corrected chi connectivity index (χ2v) is 8.38. The van der Waals surface area contributed by atoms with Crippen LogP contribution in [0.25, 0.3) is 10.9 Å². The van der Waals surface area contributed by atoms with Gasteiger partial charge in [0.2, 0.25) is 0 Å². The Morgan fingerprint density at radius 2 is 1.90 bits per heavy atom. The van der Waals surface area contributed by atoms with Crippen molar-refractivity contribution in [3.63, 3.8) is 0 Å². The molecule has 2 aromatic carbocycles. The maximum absolute atomic E-state index is 13.6. The fourth-order valence-corrected chi connectivity index (χ4v) is 4.80. The number of amides is 1. The summed E-state index contributed by atoms with van der Waals surface area (Å²) >= 11 is 0. The standard InChI is InChI=1S/C24H26FN3O/c25-20-5-6-23-22(14-20)19(15-26-23)13-17-7-9-27(10-8-17)11-12-28-16-18-3-1-2-4-21(18)24(28)29/h1-6,14-15,17,26H,7-13,16H2. The first-order chi connectivity index (χ1) is 14.2. The van der Waals surface area contributed by atoms with Gasteiger partial charge >= 0.3 is 0 Å². The number of piperidine rings is 1. The summed E-state index contributed by atoms with van der Waals surface area (Å²) in [6, 6.07) is 12.9. The van der Waals surface area contributed by atoms with Crippen molar-refractivity contribution in [3.05, 3.63) is 71.2 Å². The summed E-state index contributed by atoms with van der Waals surface area (Å²) in [7, 11) is 0. The van der Waals surface area contributed by atoms with Crippen LogP contribution in [0.2, 0.25) is 0 Å². The molecule has 0 atom stereocenters. The lowest BCUT2D eigenvalue weighted by Crippen LogP contribution is -2.40. The van der Waals surface area contributed by atoms with E-state index in [1.165, 1.54) is 11.6 Å². The third-order valence-corrected chi connectivity index (χ3v) is 6.53. The second-order valence-electron chi connectivity index (χ2n) is 8.38. The predicted octanol–water partition coefficient (Wildman–Crippen LogP) is 4.22. The number of carbonyl (C=O) groups excluding carboxylic acids is 1. The molecule has 4 nitrogen and oxygen atoms in total. The maximum Gasteiger partial charge on any atom is 0.254 e. The quantitative estimate of drug-likeness (QED) is 0.707. The van der Waals surface area contributed by atoms with Crippen LogP contribution in [-0.4, -0.2) is 46.9 Å². The van der Waals surface area contributed by atoms with Crippen LogP contribution < -0.4 is 0 Å². The van der Waals surface area contributed by atoms with E-state index in [1.54, 1.807) is 6.07 Å². The van der Waals surface area contributed by atoms with Crippen molar-refractivity contribution in [2.75, 3.05) is 26.2 Å². The minimum absolute atomic E-state index is 0.169. The number of benzene rings is 2. The van der Waals surface area contributed by atoms with Gasteiger partial charge in [0.15, 0.2) is 0 Å². The van der Waals surface area contributed by atoms with Gasteiger partial charge in [-0.2, -0.15) is 0 Å². The van der Waals surface area contributed by atoms with Gasteiger partial charge in [-0.1, -0.05) is 18.2 Å². The number of nitrogens with one attached hydrogen (secondary N) is 1. The number of aromatic amines is 1. The van der Waals surface area contributed by atoms with E-state index >= 15 is 0 Å². The van der Waals surface area contributed by atoms with E-state index in [-0.39, 0.29) is 11.7 Å². The minimum Gasteiger partial charge on any atom is -0.361 e. The number of likely N-dealkylation sites (tertiary alicyclic amines) is 1. The van der Waals surface area contributed by atoms with Crippen LogP contribution >= 0.6 is 0 Å². The van der Waals surface area contributed by atoms with Gasteiger partial charge in [0.1, 0.15) is 5.82 Å². The molecule has 5 rings (SSSR count). The molecule has 2 aliphatic heterocycles. The first-order valence-electron chi connectivity index (χ1n) is 10.5. The van der Waals surface area contributed by atoms with Crippen molar-refractivity contribution >= 4 is 16.8 Å². The maximum atomic E-state index is 13.6. The zero-order valence-corrected chi connectivity index (χ0v) is 16.5. The summed E-state index contributed by atoms with van der Waals surface area (Å²) in [6.45, 7) is 4.60. The van der Waals surface area contributed by atoms with Crippen LogP contribution in [0.1, 0.15) is 34.3 Å². The molecule has 3 heterocycles. The van der Waals surface area contributed by atoms with Crippen molar-refractivity contribution in [3.8, 4) is 0 Å². The molecule has 0 radical (unpaired) electrons. The van der Waals surface area contributed by atoms with Crippen LogP contribution in [0, 0.1) is 11.7 Å². The van der Waals surface area contributed by atoms with E-state index in [9.17, 15) is 9.18 Å². The highest BCUT2D eigenvalue weighted by Crippen LogP contribution is 2.27. The van der Waals surface area contributed by atoms with Crippen molar-refractivity contribution in [2.45, 2.75) is 25.8 Å². The van der Waals surface area contributed by atoms with E-state index < -0.39 is 0 Å². The van der Waals surface area contributed by atoms with E-state index in [4.69, 9.17) is 0 Å². The Labute approximate surface area is 170 Å². The first kappa shape index (κ1) is 18.4. The van der Waals surface area contributed by atoms with E-state index in [2.05, 4.69) is 16.0 Å². The Balaban J connectivity index is 1.12. The van der Waals surface area contributed by atoms with E-state index in [0.717, 1.165) is 74.0 Å². The summed E-state index contributed by atoms with van der Waals surface area (Å²) in [5, 5.41) is 1.01. The smallest absolute Gasteiger partial charge is 0.254 e. The fraction of sp³-hybridized carbons (Fsp3) is 0.375. The molecule has 0 saturated carbocycles. The second kappa shape index (κ2) is 7.64. The zero-order valence-electron chi connectivity index (χ0n) is 16.5. The number of nitrogens with zero attached hydrogens (tertiary/aromatic N) is 2. The molecule has 0 aliphatic carbocycles. The van der Waals surface area contributed by atoms with Crippen LogP contribution in [0.5, 0.6) is 0 Å². The summed E-state index contributed by atoms with van der Waals surface area (Å²) in [5.74, 6) is 0.625. The van der Waals surface area contributed by atoms with Gasteiger partial charge in [0.05, 0.1) is 0 Å². The number of hydrogen-bond acceptors (Lipinski definition) is 2. The number of halogens is 1. The Morgan fingerprint density at radius 3 is 2.72 bits per heavy atom. The highest BCUT2D eigenvalue weighted by molar-refractivity contribution is 5.98. The Bertz CT molecular complexity index is 1040. The molecule has 0 bridgehead atoms. The monoisotopic (exact) mass is 391 g/mol. The average Bonchev–Trinajstić information content (AvgIpc) is 3.28. The van der Waals surface area contributed by atoms with Gasteiger partial charge in [-0.25, -0.2) is 4.39 Å². The molecule has 1 amide bonds. The molecular weight excluding hydrogens is 365 g/mol. The van der Waals surface area contributed by atoms with E-state index in [0.29, 0.717) is 5.92 Å². The molecular formula is C24H26FN3O. The van der Waals surface area contributed by atoms with Crippen LogP contribution in [-0.2, 0) is 13.0 Å². The SMILES string of the molecule is O=C1c2ccccc2CN1CCN1CCC(Cc2c[nH]c3ccc(F)cc23)CC1. The highest BCUT2D eigenvalue weighted by atomic mass is 19.1. The molecule has 29 heavy (non-hydrogen) atoms. The fourth-order valence-electron chi connectivity index (χ4n) is 4.80. The largest absolute Gasteiger partial charge is 0.361 e. The zero-order chi connectivity index (χ0) is 19.8. The predicted molar refractivity (Wildman–Crippen MR) is 112 cm³/mol. The summed E-state index contributed by atoms with van der Waals surface area (Å²) in [5.41, 5.74) is 4.24. The Morgan fingerprint density at radius 1 is 1.07 bits per heavy atom. The number of H-pyrrole nitrogens is 1. The molecule has 2 aliphatic rings. The molecule has 5 heteroatoms. The number of hydrogen-bond donors (Lipinski definition) is 1. The lowest BCUT2D eigenvalue weighted by Gasteiger charge is -2.33. The lowest BCUT2D eigenvalue weighted by atomic mass is 9.90. The first-order valence-corrected chi connectivity index (χ1v) is 10.5. The topological polar surface area (TPSA) is 39.3 Å². The Hall–Kier alpha value is -2.66. The van der Waals surface area contributed by atoms with Crippen molar-refractivity contribution in [1.29, 1.82) is 0 Å². The van der Waals surface area contributed by atoms with Gasteiger partial charge in [0, 0.05) is 42.3 Å². The van der Waals surface area contributed by atoms with Gasteiger partial charge in [-0.3, -0.25) is 4.79 Å². The molecule has 3 aromatic rings. The van der Waals surface area contributed by atoms with Gasteiger partial charge in [-0.05, 0) is 73.7 Å². The summed E-state index contributed by atoms with van der Waals surface area (Å²) in [6.07, 6.45) is 5.33. The van der Waals surface area contributed by atoms with Crippen molar-refractivity contribution < 1.29 is 9.18 Å². The van der Waals surface area contributed by atoms with Crippen LogP contribution in [0.15, 0.2) is 48.7 Å². The van der Waals surface area contributed by atoms with E-state index in [1.807, 2.05) is 35.4 Å². The third kappa shape index (κ3) is 3.67. The van der Waals surface area contributed by atoms with Crippen molar-refractivity contribution in [2.24, 2.45) is 5.92 Å². The Kier molecular flexibility index (Phi) is 4.84. The normalized spacial score (nSPS) is 18.0. The molecule has 1 fully saturated rings. The third-order valence-electron chi connectivity index (χ3n) is 6.53. The minimum atomic E-state index is -0.174. The van der Waals surface area contributed by atoms with Gasteiger partial charge in [0.25, 0.3) is 5.91 Å². The van der Waals surface area contributed by atoms with Gasteiger partial charge in [-0.15, -0.1) is 0 Å². The molecule has 0 unspecified atom stereocenters. The number of fused-ring (bicyclic) bond motifs is 2. The molecule has 0 spiro atoms. The molecule has 150 valence electrons. The lowest BCUT2D eigenvalue weighted by molar-refractivity contribution is 0.0745. The molecule has 1 N–H and O–H groups in total. The highest BCUT2D eigenvalue weighted by Gasteiger charge is 2.27. The average molecular weight is 391 g/mol. The summed E-state index contributed by atoms with van der Waals surface area (Å²) in [4.78, 5) is 20.2. The van der Waals surface area contributed by atoms with Crippen molar-refractivity contribution in [1.82, 2.24) is 14.8 Å². The van der Waals surface area contributed by atoms with Crippen LogP contribution in [0.4, 0.5) is 4.39 Å². The molecule has 1 saturated heterocycles. The number of rotatable bonds is 5. The number of aromatic nitrogens is 1. The number of carbonyl (C=O) groups is 1. The molecule has 1 aromatic heterocycles. The van der Waals surface area contributed by atoms with Crippen LogP contribution in [0.3, 0.4) is 0 Å². The van der Waals surface area contributed by atoms with Gasteiger partial charge < -0.3 is 14.8 Å². The summed E-state index contributed by atoms with van der Waals surface area (Å²) < 4.78 is 13.6.